The quantitative estimate of drug-likeness (QED) is 0.804. The highest BCUT2D eigenvalue weighted by atomic mass is 16.6. The first-order chi connectivity index (χ1) is 9.74. The van der Waals surface area contributed by atoms with E-state index in [9.17, 15) is 4.79 Å². The van der Waals surface area contributed by atoms with Gasteiger partial charge in [-0.3, -0.25) is 0 Å². The predicted octanol–water partition coefficient (Wildman–Crippen LogP) is 1.33. The number of ether oxygens (including phenoxy) is 1. The Morgan fingerprint density at radius 3 is 2.62 bits per heavy atom. The van der Waals surface area contributed by atoms with Crippen LogP contribution in [-0.2, 0) is 17.7 Å². The number of nitrogens with zero attached hydrogens (tertiary/aromatic N) is 1. The van der Waals surface area contributed by atoms with Crippen molar-refractivity contribution in [3.63, 3.8) is 0 Å². The number of fused-ring (bicyclic) bond motifs is 1. The number of hydrogen-bond acceptors (Lipinski definition) is 5. The Labute approximate surface area is 124 Å². The van der Waals surface area contributed by atoms with Crippen molar-refractivity contribution < 1.29 is 24.2 Å². The standard InChI is InChI=1S/C14H20BNO5/c1-14(2,3)20-13(17)16-7-6-10-8-12(21-15(18)19)5-4-11(10)9-16/h4-5,8,18-19H,6-7,9H2,1-3H3. The third kappa shape index (κ3) is 4.37. The molecule has 114 valence electrons. The van der Waals surface area contributed by atoms with Gasteiger partial charge in [-0.25, -0.2) is 4.79 Å². The molecular weight excluding hydrogens is 273 g/mol. The maximum atomic E-state index is 12.0. The molecule has 2 rings (SSSR count). The van der Waals surface area contributed by atoms with Crippen LogP contribution in [0.4, 0.5) is 4.79 Å². The van der Waals surface area contributed by atoms with Gasteiger partial charge in [0.2, 0.25) is 0 Å². The largest absolute Gasteiger partial charge is 0.707 e. The summed E-state index contributed by atoms with van der Waals surface area (Å²) in [7, 11) is -1.83. The first kappa shape index (κ1) is 15.7. The molecule has 1 aromatic rings. The van der Waals surface area contributed by atoms with Crippen molar-refractivity contribution in [2.24, 2.45) is 0 Å². The molecule has 1 aliphatic rings. The minimum atomic E-state index is -1.83. The molecule has 6 nitrogen and oxygen atoms in total. The van der Waals surface area contributed by atoms with Crippen LogP contribution in [0.3, 0.4) is 0 Å². The number of carbonyl (C=O) groups is 1. The van der Waals surface area contributed by atoms with Crippen molar-refractivity contribution >= 4 is 13.4 Å². The van der Waals surface area contributed by atoms with E-state index in [1.54, 1.807) is 17.0 Å². The lowest BCUT2D eigenvalue weighted by Crippen LogP contribution is -2.39. The summed E-state index contributed by atoms with van der Waals surface area (Å²) in [5.41, 5.74) is 1.53. The molecule has 0 atom stereocenters. The molecule has 0 saturated heterocycles. The molecule has 0 unspecified atom stereocenters. The Kier molecular flexibility index (Phi) is 4.44. The van der Waals surface area contributed by atoms with Gasteiger partial charge in [-0.05, 0) is 50.5 Å². The van der Waals surface area contributed by atoms with E-state index < -0.39 is 12.9 Å². The Bertz CT molecular complexity index is 527. The first-order valence-corrected chi connectivity index (χ1v) is 6.87. The minimum absolute atomic E-state index is 0.320. The van der Waals surface area contributed by atoms with Gasteiger partial charge in [0.25, 0.3) is 0 Å². The van der Waals surface area contributed by atoms with Crippen LogP contribution in [0.15, 0.2) is 18.2 Å². The summed E-state index contributed by atoms with van der Waals surface area (Å²) in [5.74, 6) is 0.398. The molecule has 1 aromatic carbocycles. The highest BCUT2D eigenvalue weighted by molar-refractivity contribution is 6.33. The predicted molar refractivity (Wildman–Crippen MR) is 77.6 cm³/mol. The third-order valence-electron chi connectivity index (χ3n) is 3.08. The van der Waals surface area contributed by atoms with Gasteiger partial charge in [0.05, 0.1) is 0 Å². The van der Waals surface area contributed by atoms with Crippen LogP contribution in [0, 0.1) is 0 Å². The smallest absolute Gasteiger partial charge is 0.512 e. The van der Waals surface area contributed by atoms with Gasteiger partial charge in [0.1, 0.15) is 11.4 Å². The molecule has 0 aliphatic carbocycles. The van der Waals surface area contributed by atoms with Gasteiger partial charge >= 0.3 is 13.4 Å². The number of carbonyl (C=O) groups excluding carboxylic acids is 1. The van der Waals surface area contributed by atoms with E-state index >= 15 is 0 Å². The van der Waals surface area contributed by atoms with Crippen LogP contribution in [0.1, 0.15) is 31.9 Å². The van der Waals surface area contributed by atoms with E-state index in [2.05, 4.69) is 0 Å². The molecule has 0 bridgehead atoms. The molecule has 2 N–H and O–H groups in total. The second-order valence-corrected chi connectivity index (χ2v) is 6.03. The van der Waals surface area contributed by atoms with Crippen molar-refractivity contribution in [3.05, 3.63) is 29.3 Å². The van der Waals surface area contributed by atoms with Crippen LogP contribution >= 0.6 is 0 Å². The van der Waals surface area contributed by atoms with E-state index in [0.717, 1.165) is 11.1 Å². The van der Waals surface area contributed by atoms with Gasteiger partial charge < -0.3 is 24.3 Å². The van der Waals surface area contributed by atoms with Crippen LogP contribution in [0.25, 0.3) is 0 Å². The van der Waals surface area contributed by atoms with Gasteiger partial charge in [-0.2, -0.15) is 0 Å². The van der Waals surface area contributed by atoms with Gasteiger partial charge in [0.15, 0.2) is 0 Å². The Morgan fingerprint density at radius 1 is 1.29 bits per heavy atom. The van der Waals surface area contributed by atoms with Crippen molar-refractivity contribution in [1.29, 1.82) is 0 Å². The average Bonchev–Trinajstić information content (AvgIpc) is 2.35. The zero-order valence-electron chi connectivity index (χ0n) is 12.5. The van der Waals surface area contributed by atoms with Crippen molar-refractivity contribution in [2.75, 3.05) is 6.54 Å². The minimum Gasteiger partial charge on any atom is -0.512 e. The van der Waals surface area contributed by atoms with Crippen LogP contribution in [0.2, 0.25) is 0 Å². The molecule has 1 heterocycles. The topological polar surface area (TPSA) is 79.2 Å². The summed E-state index contributed by atoms with van der Waals surface area (Å²) in [6.07, 6.45) is 0.354. The zero-order valence-corrected chi connectivity index (χ0v) is 12.5. The lowest BCUT2D eigenvalue weighted by atomic mass is 9.99. The molecule has 1 amide bonds. The van der Waals surface area contributed by atoms with E-state index in [1.807, 2.05) is 26.8 Å². The lowest BCUT2D eigenvalue weighted by molar-refractivity contribution is 0.0224. The van der Waals surface area contributed by atoms with Gasteiger partial charge in [0, 0.05) is 13.1 Å². The fraction of sp³-hybridized carbons (Fsp3) is 0.500. The highest BCUT2D eigenvalue weighted by Crippen LogP contribution is 2.25. The molecule has 0 spiro atoms. The van der Waals surface area contributed by atoms with Gasteiger partial charge in [-0.15, -0.1) is 0 Å². The van der Waals surface area contributed by atoms with E-state index in [4.69, 9.17) is 19.4 Å². The van der Waals surface area contributed by atoms with Crippen molar-refractivity contribution in [3.8, 4) is 5.75 Å². The maximum absolute atomic E-state index is 12.0. The summed E-state index contributed by atoms with van der Waals surface area (Å²) < 4.78 is 10.2. The fourth-order valence-electron chi connectivity index (χ4n) is 2.21. The number of amides is 1. The number of hydrogen-bond donors (Lipinski definition) is 2. The van der Waals surface area contributed by atoms with Crippen LogP contribution in [-0.4, -0.2) is 40.5 Å². The van der Waals surface area contributed by atoms with Crippen molar-refractivity contribution in [1.82, 2.24) is 4.90 Å². The van der Waals surface area contributed by atoms with E-state index in [0.29, 0.717) is 25.3 Å². The molecule has 0 saturated carbocycles. The Balaban J connectivity index is 2.06. The van der Waals surface area contributed by atoms with Crippen LogP contribution in [0.5, 0.6) is 5.75 Å². The van der Waals surface area contributed by atoms with E-state index in [1.165, 1.54) is 0 Å². The second-order valence-electron chi connectivity index (χ2n) is 6.03. The molecule has 0 radical (unpaired) electrons. The SMILES string of the molecule is CC(C)(C)OC(=O)N1CCc2cc(OB(O)O)ccc2C1. The lowest BCUT2D eigenvalue weighted by Gasteiger charge is -2.31. The normalized spacial score (nSPS) is 14.4. The fourth-order valence-corrected chi connectivity index (χ4v) is 2.21. The molecule has 0 aromatic heterocycles. The second kappa shape index (κ2) is 5.95. The molecule has 0 fully saturated rings. The van der Waals surface area contributed by atoms with E-state index in [-0.39, 0.29) is 6.09 Å². The summed E-state index contributed by atoms with van der Waals surface area (Å²) in [6.45, 7) is 6.56. The van der Waals surface area contributed by atoms with Gasteiger partial charge in [-0.1, -0.05) is 6.07 Å². The number of benzene rings is 1. The summed E-state index contributed by atoms with van der Waals surface area (Å²) >= 11 is 0. The first-order valence-electron chi connectivity index (χ1n) is 6.87. The summed E-state index contributed by atoms with van der Waals surface area (Å²) in [5, 5.41) is 17.6. The molecule has 21 heavy (non-hydrogen) atoms. The van der Waals surface area contributed by atoms with Crippen LogP contribution < -0.4 is 4.65 Å². The van der Waals surface area contributed by atoms with Crippen molar-refractivity contribution in [2.45, 2.75) is 39.3 Å². The zero-order chi connectivity index (χ0) is 15.6. The molecule has 7 heteroatoms. The summed E-state index contributed by atoms with van der Waals surface area (Å²) in [6, 6.07) is 5.24. The highest BCUT2D eigenvalue weighted by Gasteiger charge is 2.26. The third-order valence-corrected chi connectivity index (χ3v) is 3.08. The average molecular weight is 293 g/mol. The Morgan fingerprint density at radius 2 is 2.00 bits per heavy atom. The maximum Gasteiger partial charge on any atom is 0.707 e. The molecular formula is C14H20BNO5. The monoisotopic (exact) mass is 293 g/mol. The molecule has 1 aliphatic heterocycles. The number of rotatable bonds is 2. The summed E-state index contributed by atoms with van der Waals surface area (Å²) in [4.78, 5) is 13.7. The Hall–Kier alpha value is -1.73.